The minimum Gasteiger partial charge on any atom is -0.462 e. The second kappa shape index (κ2) is 7.45. The molecule has 0 aliphatic heterocycles. The Kier molecular flexibility index (Phi) is 5.44. The quantitative estimate of drug-likeness (QED) is 0.409. The van der Waals surface area contributed by atoms with Gasteiger partial charge in [-0.15, -0.1) is 23.2 Å². The Morgan fingerprint density at radius 1 is 1.31 bits per heavy atom. The zero-order valence-corrected chi connectivity index (χ0v) is 16.6. The van der Waals surface area contributed by atoms with Crippen LogP contribution in [0.5, 0.6) is 0 Å². The Balaban J connectivity index is 1.63. The average molecular weight is 393 g/mol. The second-order valence-electron chi connectivity index (χ2n) is 6.85. The van der Waals surface area contributed by atoms with Gasteiger partial charge in [0, 0.05) is 23.3 Å². The maximum absolute atomic E-state index is 11.9. The lowest BCUT2D eigenvalue weighted by Crippen LogP contribution is -2.06. The first-order chi connectivity index (χ1) is 12.3. The van der Waals surface area contributed by atoms with E-state index in [4.69, 9.17) is 27.9 Å². The number of benzene rings is 1. The van der Waals surface area contributed by atoms with Crippen molar-refractivity contribution < 1.29 is 9.53 Å². The number of hydrogen-bond acceptors (Lipinski definition) is 3. The van der Waals surface area contributed by atoms with Crippen LogP contribution in [-0.2, 0) is 16.1 Å². The maximum atomic E-state index is 11.9. The molecule has 1 heterocycles. The van der Waals surface area contributed by atoms with Crippen molar-refractivity contribution in [1.29, 1.82) is 0 Å². The highest BCUT2D eigenvalue weighted by molar-refractivity contribution is 6.50. The highest BCUT2D eigenvalue weighted by Crippen LogP contribution is 2.53. The van der Waals surface area contributed by atoms with Crippen LogP contribution in [0.2, 0.25) is 0 Å². The summed E-state index contributed by atoms with van der Waals surface area (Å²) < 4.78 is 6.42. The summed E-state index contributed by atoms with van der Waals surface area (Å²) in [7, 11) is 0. The van der Waals surface area contributed by atoms with Crippen molar-refractivity contribution in [2.24, 2.45) is 5.92 Å². The van der Waals surface area contributed by atoms with Crippen molar-refractivity contribution in [1.82, 2.24) is 9.78 Å². The number of hydrogen-bond donors (Lipinski definition) is 0. The summed E-state index contributed by atoms with van der Waals surface area (Å²) in [5, 5.41) is 4.59. The minimum atomic E-state index is -0.728. The average Bonchev–Trinajstić information content (AvgIpc) is 3.11. The first-order valence-corrected chi connectivity index (χ1v) is 9.34. The van der Waals surface area contributed by atoms with Crippen molar-refractivity contribution in [3.8, 4) is 0 Å². The van der Waals surface area contributed by atoms with Crippen LogP contribution in [0.3, 0.4) is 0 Å². The summed E-state index contributed by atoms with van der Waals surface area (Å²) >= 11 is 11.9. The Labute approximate surface area is 163 Å². The topological polar surface area (TPSA) is 44.1 Å². The summed E-state index contributed by atoms with van der Waals surface area (Å²) in [4.78, 5) is 11.9. The van der Waals surface area contributed by atoms with Crippen LogP contribution in [0.4, 0.5) is 0 Å². The largest absolute Gasteiger partial charge is 0.462 e. The van der Waals surface area contributed by atoms with E-state index in [0.29, 0.717) is 13.0 Å². The molecule has 26 heavy (non-hydrogen) atoms. The van der Waals surface area contributed by atoms with E-state index < -0.39 is 10.3 Å². The van der Waals surface area contributed by atoms with Gasteiger partial charge in [0.1, 0.15) is 4.33 Å². The van der Waals surface area contributed by atoms with Crippen LogP contribution < -0.4 is 0 Å². The van der Waals surface area contributed by atoms with Crippen molar-refractivity contribution >= 4 is 35.2 Å². The van der Waals surface area contributed by atoms with Crippen LogP contribution in [0.15, 0.2) is 30.3 Å². The third-order valence-corrected chi connectivity index (χ3v) is 5.58. The van der Waals surface area contributed by atoms with Gasteiger partial charge in [-0.1, -0.05) is 29.8 Å². The smallest absolute Gasteiger partial charge is 0.330 e. The van der Waals surface area contributed by atoms with Gasteiger partial charge in [-0.25, -0.2) is 4.79 Å². The number of ether oxygens (including phenoxy) is 1. The highest BCUT2D eigenvalue weighted by atomic mass is 35.5. The molecule has 4 nitrogen and oxygen atoms in total. The normalized spacial score (nSPS) is 18.3. The van der Waals surface area contributed by atoms with Gasteiger partial charge in [0.2, 0.25) is 0 Å². The third-order valence-electron chi connectivity index (χ3n) is 4.66. The van der Waals surface area contributed by atoms with Crippen molar-refractivity contribution in [3.05, 3.63) is 58.4 Å². The van der Waals surface area contributed by atoms with Gasteiger partial charge in [0.15, 0.2) is 0 Å². The van der Waals surface area contributed by atoms with Gasteiger partial charge in [0.05, 0.1) is 18.8 Å². The van der Waals surface area contributed by atoms with Crippen LogP contribution in [0.1, 0.15) is 34.5 Å². The fraction of sp³-hybridized carbons (Fsp3) is 0.400. The molecule has 1 atom stereocenters. The van der Waals surface area contributed by atoms with E-state index in [9.17, 15) is 4.79 Å². The summed E-state index contributed by atoms with van der Waals surface area (Å²) in [6.07, 6.45) is 3.85. The van der Waals surface area contributed by atoms with E-state index >= 15 is 0 Å². The van der Waals surface area contributed by atoms with E-state index in [1.165, 1.54) is 17.2 Å². The molecule has 1 aromatic carbocycles. The molecule has 0 spiro atoms. The predicted octanol–water partition coefficient (Wildman–Crippen LogP) is 4.61. The molecule has 1 aliphatic rings. The van der Waals surface area contributed by atoms with Crippen molar-refractivity contribution in [2.45, 2.75) is 38.1 Å². The molecule has 1 aromatic heterocycles. The SMILES string of the molecule is Cc1ccc(Cn2nc(C)c(/C=C/C(=O)OCC3CC3(Cl)Cl)c2C)cc1. The molecule has 1 unspecified atom stereocenters. The van der Waals surface area contributed by atoms with Crippen molar-refractivity contribution in [2.75, 3.05) is 6.61 Å². The number of aryl methyl sites for hydroxylation is 2. The van der Waals surface area contributed by atoms with Gasteiger partial charge in [-0.2, -0.15) is 5.10 Å². The standard InChI is InChI=1S/C20H22Cl2N2O2/c1-13-4-6-16(7-5-13)11-24-15(3)18(14(2)23-24)8-9-19(25)26-12-17-10-20(17,21)22/h4-9,17H,10-12H2,1-3H3/b9-8+. The van der Waals surface area contributed by atoms with E-state index in [2.05, 4.69) is 36.3 Å². The number of nitrogens with zero attached hydrogens (tertiary/aromatic N) is 2. The van der Waals surface area contributed by atoms with Gasteiger partial charge >= 0.3 is 5.97 Å². The summed E-state index contributed by atoms with van der Waals surface area (Å²) in [5.74, 6) is -0.366. The molecule has 2 aromatic rings. The first-order valence-electron chi connectivity index (χ1n) is 8.58. The van der Waals surface area contributed by atoms with Crippen LogP contribution in [-0.4, -0.2) is 26.7 Å². The zero-order chi connectivity index (χ0) is 18.9. The van der Waals surface area contributed by atoms with Gasteiger partial charge in [0.25, 0.3) is 0 Å². The summed E-state index contributed by atoms with van der Waals surface area (Å²) in [6, 6.07) is 8.39. The van der Waals surface area contributed by atoms with Crippen molar-refractivity contribution in [3.63, 3.8) is 0 Å². The molecule has 3 rings (SSSR count). The highest BCUT2D eigenvalue weighted by Gasteiger charge is 2.52. The molecule has 0 N–H and O–H groups in total. The lowest BCUT2D eigenvalue weighted by molar-refractivity contribution is -0.138. The van der Waals surface area contributed by atoms with E-state index in [1.807, 2.05) is 18.5 Å². The molecular formula is C20H22Cl2N2O2. The number of carbonyl (C=O) groups is 1. The number of halogens is 2. The van der Waals surface area contributed by atoms with Crippen LogP contribution in [0.25, 0.3) is 6.08 Å². The number of aromatic nitrogens is 2. The minimum absolute atomic E-state index is 0.0314. The van der Waals surface area contributed by atoms with Crippen LogP contribution in [0, 0.1) is 26.7 Å². The molecule has 0 bridgehead atoms. The van der Waals surface area contributed by atoms with Crippen LogP contribution >= 0.6 is 23.2 Å². The monoisotopic (exact) mass is 392 g/mol. The third kappa shape index (κ3) is 4.49. The maximum Gasteiger partial charge on any atom is 0.330 e. The molecular weight excluding hydrogens is 371 g/mol. The number of rotatable bonds is 6. The molecule has 138 valence electrons. The number of esters is 1. The molecule has 0 radical (unpaired) electrons. The lowest BCUT2D eigenvalue weighted by atomic mass is 10.1. The second-order valence-corrected chi connectivity index (χ2v) is 8.40. The number of alkyl halides is 2. The lowest BCUT2D eigenvalue weighted by Gasteiger charge is -2.05. The molecule has 1 aliphatic carbocycles. The predicted molar refractivity (Wildman–Crippen MR) is 105 cm³/mol. The zero-order valence-electron chi connectivity index (χ0n) is 15.1. The molecule has 1 fully saturated rings. The summed E-state index contributed by atoms with van der Waals surface area (Å²) in [5.41, 5.74) is 5.24. The van der Waals surface area contributed by atoms with Gasteiger partial charge < -0.3 is 4.74 Å². The molecule has 6 heteroatoms. The fourth-order valence-electron chi connectivity index (χ4n) is 2.80. The van der Waals surface area contributed by atoms with Gasteiger partial charge in [-0.05, 0) is 38.8 Å². The summed E-state index contributed by atoms with van der Waals surface area (Å²) in [6.45, 7) is 6.95. The van der Waals surface area contributed by atoms with E-state index in [-0.39, 0.29) is 12.5 Å². The van der Waals surface area contributed by atoms with E-state index in [1.54, 1.807) is 6.08 Å². The first kappa shape index (κ1) is 19.0. The Bertz CT molecular complexity index is 838. The van der Waals surface area contributed by atoms with E-state index in [0.717, 1.165) is 17.0 Å². The molecule has 1 saturated carbocycles. The Hall–Kier alpha value is -1.78. The number of carbonyl (C=O) groups excluding carboxylic acids is 1. The fourth-order valence-corrected chi connectivity index (χ4v) is 3.30. The Morgan fingerprint density at radius 3 is 2.58 bits per heavy atom. The molecule has 0 amide bonds. The Morgan fingerprint density at radius 2 is 1.96 bits per heavy atom. The molecule has 0 saturated heterocycles. The van der Waals surface area contributed by atoms with Gasteiger partial charge in [-0.3, -0.25) is 4.68 Å².